The second-order valence-electron chi connectivity index (χ2n) is 5.08. The highest BCUT2D eigenvalue weighted by molar-refractivity contribution is 6.31. The summed E-state index contributed by atoms with van der Waals surface area (Å²) in [4.78, 5) is 21.6. The first kappa shape index (κ1) is 17.7. The second-order valence-corrected chi connectivity index (χ2v) is 5.75. The number of nitro benzene ring substituents is 1. The van der Waals surface area contributed by atoms with Crippen molar-refractivity contribution in [3.05, 3.63) is 50.5 Å². The molecular weight excluding hydrogens is 375 g/mol. The lowest BCUT2D eigenvalue weighted by Crippen LogP contribution is -2.46. The van der Waals surface area contributed by atoms with Gasteiger partial charge in [0, 0.05) is 12.1 Å². The van der Waals surface area contributed by atoms with Crippen molar-refractivity contribution in [2.75, 3.05) is 11.9 Å². The smallest absolute Gasteiger partial charge is 0.269 e. The molecule has 12 heteroatoms. The van der Waals surface area contributed by atoms with Gasteiger partial charge in [-0.15, -0.1) is 0 Å². The number of nitrogens with two attached hydrogens (primary N) is 1. The fourth-order valence-corrected chi connectivity index (χ4v) is 2.61. The van der Waals surface area contributed by atoms with Crippen molar-refractivity contribution in [1.29, 1.82) is 0 Å². The van der Waals surface area contributed by atoms with Gasteiger partial charge in [0.1, 0.15) is 6.10 Å². The van der Waals surface area contributed by atoms with E-state index in [1.54, 1.807) is 12.1 Å². The van der Waals surface area contributed by atoms with Gasteiger partial charge < -0.3 is 20.5 Å². The Balaban J connectivity index is 1.73. The molecule has 2 heterocycles. The van der Waals surface area contributed by atoms with Crippen molar-refractivity contribution in [2.45, 2.75) is 18.6 Å². The zero-order valence-corrected chi connectivity index (χ0v) is 14.0. The van der Waals surface area contributed by atoms with E-state index in [0.717, 1.165) is 0 Å². The Kier molecular flexibility index (Phi) is 5.25. The lowest BCUT2D eigenvalue weighted by Gasteiger charge is -2.34. The van der Waals surface area contributed by atoms with Gasteiger partial charge in [0.25, 0.3) is 5.69 Å². The Hall–Kier alpha value is -2.11. The van der Waals surface area contributed by atoms with E-state index >= 15 is 0 Å². The van der Waals surface area contributed by atoms with Gasteiger partial charge in [-0.05, 0) is 40.9 Å². The molecule has 3 rings (SSSR count). The normalized spacial score (nSPS) is 23.2. The first-order valence-electron chi connectivity index (χ1n) is 7.03. The number of aromatic nitrogens is 3. The third kappa shape index (κ3) is 4.30. The average molecular weight is 387 g/mol. The quantitative estimate of drug-likeness (QED) is 0.595. The molecule has 0 unspecified atom stereocenters. The fraction of sp³-hybridized carbons (Fsp3) is 0.308. The van der Waals surface area contributed by atoms with E-state index in [1.165, 1.54) is 12.1 Å². The van der Waals surface area contributed by atoms with Crippen molar-refractivity contribution in [3.63, 3.8) is 0 Å². The lowest BCUT2D eigenvalue weighted by molar-refractivity contribution is -0.384. The Morgan fingerprint density at radius 3 is 2.44 bits per heavy atom. The summed E-state index contributed by atoms with van der Waals surface area (Å²) in [5, 5.41) is 13.4. The zero-order chi connectivity index (χ0) is 18.0. The predicted molar refractivity (Wildman–Crippen MR) is 88.1 cm³/mol. The van der Waals surface area contributed by atoms with Crippen LogP contribution in [0, 0.1) is 10.1 Å². The third-order valence-electron chi connectivity index (χ3n) is 3.36. The van der Waals surface area contributed by atoms with Crippen molar-refractivity contribution >= 4 is 34.8 Å². The van der Waals surface area contributed by atoms with Crippen molar-refractivity contribution < 1.29 is 14.4 Å². The number of hydrogen-bond donors (Lipinski definition) is 2. The molecule has 1 aromatic carbocycles. The minimum atomic E-state index is -0.908. The molecule has 25 heavy (non-hydrogen) atoms. The molecule has 1 aliphatic heterocycles. The zero-order valence-electron chi connectivity index (χ0n) is 12.5. The van der Waals surface area contributed by atoms with Crippen LogP contribution in [0.15, 0.2) is 24.3 Å². The topological polar surface area (TPSA) is 138 Å². The summed E-state index contributed by atoms with van der Waals surface area (Å²) in [5.41, 5.74) is 6.68. The summed E-state index contributed by atoms with van der Waals surface area (Å²) in [6, 6.07) is 5.48. The summed E-state index contributed by atoms with van der Waals surface area (Å²) in [6.45, 7) is 0.186. The second kappa shape index (κ2) is 7.42. The van der Waals surface area contributed by atoms with Crippen molar-refractivity contribution in [3.8, 4) is 0 Å². The Labute approximate surface area is 151 Å². The van der Waals surface area contributed by atoms with Crippen molar-refractivity contribution in [1.82, 2.24) is 15.0 Å². The number of nitrogens with one attached hydrogen (secondary N) is 1. The number of hydrogen-bond acceptors (Lipinski definition) is 9. The van der Waals surface area contributed by atoms with Gasteiger partial charge >= 0.3 is 0 Å². The first-order valence-corrected chi connectivity index (χ1v) is 7.78. The number of nitrogens with zero attached hydrogens (tertiary/aromatic N) is 4. The SMILES string of the molecule is N[C@H]1CO[C@@H](Nc2nc(Cl)nc(Cl)n2)O[C@H]1c1ccc([N+](=O)[O-])cc1. The van der Waals surface area contributed by atoms with E-state index in [-0.39, 0.29) is 28.8 Å². The Morgan fingerprint density at radius 2 is 1.84 bits per heavy atom. The fourth-order valence-electron chi connectivity index (χ4n) is 2.24. The molecule has 0 amide bonds. The standard InChI is InChI=1S/C13H12Cl2N6O4/c14-10-17-11(15)19-12(18-10)20-13-24-5-8(16)9(25-13)6-1-3-7(4-2-6)21(22)23/h1-4,8-9,13H,5,16H2,(H,17,18,19,20)/t8-,9-,13+/m0/s1. The maximum atomic E-state index is 10.7. The number of nitro groups is 1. The van der Waals surface area contributed by atoms with Crippen LogP contribution in [0.1, 0.15) is 11.7 Å². The number of non-ortho nitro benzene ring substituents is 1. The van der Waals surface area contributed by atoms with E-state index in [0.29, 0.717) is 5.56 Å². The molecule has 10 nitrogen and oxygen atoms in total. The number of ether oxygens (including phenoxy) is 2. The average Bonchev–Trinajstić information content (AvgIpc) is 2.56. The predicted octanol–water partition coefficient (Wildman–Crippen LogP) is 1.90. The molecular formula is C13H12Cl2N6O4. The maximum absolute atomic E-state index is 10.7. The minimum Gasteiger partial charge on any atom is -0.334 e. The largest absolute Gasteiger partial charge is 0.334 e. The Morgan fingerprint density at radius 1 is 1.20 bits per heavy atom. The molecule has 2 aromatic rings. The van der Waals surface area contributed by atoms with Crippen LogP contribution in [-0.2, 0) is 9.47 Å². The molecule has 0 bridgehead atoms. The summed E-state index contributed by atoms with van der Waals surface area (Å²) >= 11 is 11.4. The number of halogens is 2. The van der Waals surface area contributed by atoms with E-state index in [1.807, 2.05) is 0 Å². The van der Waals surface area contributed by atoms with Gasteiger partial charge in [0.15, 0.2) is 0 Å². The summed E-state index contributed by atoms with van der Waals surface area (Å²) in [7, 11) is 0. The molecule has 1 aromatic heterocycles. The van der Waals surface area contributed by atoms with Gasteiger partial charge in [-0.2, -0.15) is 15.0 Å². The van der Waals surface area contributed by atoms with Gasteiger partial charge in [-0.1, -0.05) is 0 Å². The summed E-state index contributed by atoms with van der Waals surface area (Å²) < 4.78 is 11.2. The number of benzene rings is 1. The van der Waals surface area contributed by atoms with Crippen LogP contribution in [0.5, 0.6) is 0 Å². The van der Waals surface area contributed by atoms with E-state index in [9.17, 15) is 10.1 Å². The highest BCUT2D eigenvalue weighted by Gasteiger charge is 2.31. The van der Waals surface area contributed by atoms with Crippen LogP contribution in [-0.4, -0.2) is 38.9 Å². The molecule has 132 valence electrons. The summed E-state index contributed by atoms with van der Waals surface area (Å²) in [6.07, 6.45) is -1.45. The Bertz CT molecular complexity index is 757. The highest BCUT2D eigenvalue weighted by Crippen LogP contribution is 2.28. The molecule has 3 N–H and O–H groups in total. The number of anilines is 1. The molecule has 0 radical (unpaired) electrons. The van der Waals surface area contributed by atoms with Gasteiger partial charge in [-0.3, -0.25) is 10.1 Å². The van der Waals surface area contributed by atoms with Gasteiger partial charge in [0.05, 0.1) is 17.6 Å². The molecule has 1 saturated heterocycles. The molecule has 0 spiro atoms. The monoisotopic (exact) mass is 386 g/mol. The number of rotatable bonds is 4. The summed E-state index contributed by atoms with van der Waals surface area (Å²) in [5.74, 6) is 0.0768. The van der Waals surface area contributed by atoms with Crippen LogP contribution < -0.4 is 11.1 Å². The maximum Gasteiger partial charge on any atom is 0.269 e. The van der Waals surface area contributed by atoms with Crippen LogP contribution in [0.25, 0.3) is 0 Å². The van der Waals surface area contributed by atoms with Crippen LogP contribution >= 0.6 is 23.2 Å². The van der Waals surface area contributed by atoms with E-state index in [4.69, 9.17) is 38.4 Å². The molecule has 1 fully saturated rings. The molecule has 3 atom stereocenters. The molecule has 0 saturated carbocycles. The first-order chi connectivity index (χ1) is 11.9. The third-order valence-corrected chi connectivity index (χ3v) is 3.70. The lowest BCUT2D eigenvalue weighted by atomic mass is 10.0. The van der Waals surface area contributed by atoms with Crippen LogP contribution in [0.4, 0.5) is 11.6 Å². The van der Waals surface area contributed by atoms with E-state index < -0.39 is 23.5 Å². The van der Waals surface area contributed by atoms with Crippen LogP contribution in [0.2, 0.25) is 10.6 Å². The van der Waals surface area contributed by atoms with Crippen molar-refractivity contribution in [2.24, 2.45) is 5.73 Å². The molecule has 1 aliphatic rings. The van der Waals surface area contributed by atoms with Gasteiger partial charge in [-0.25, -0.2) is 0 Å². The van der Waals surface area contributed by atoms with Crippen LogP contribution in [0.3, 0.4) is 0 Å². The molecule has 0 aliphatic carbocycles. The highest BCUT2D eigenvalue weighted by atomic mass is 35.5. The van der Waals surface area contributed by atoms with Gasteiger partial charge in [0.2, 0.25) is 22.9 Å². The minimum absolute atomic E-state index is 0.0199. The van der Waals surface area contributed by atoms with E-state index in [2.05, 4.69) is 20.3 Å².